The standard InChI is InChI=1S/C23H18F3N3OS/c1-2-15-7-6-11-19-20(15)28-22(31-19)29(14-18-10-3-4-12-27-18)21(30)16-8-5-9-17(13-16)23(24,25)26/h3-13H,2,14H2,1H3. The smallest absolute Gasteiger partial charge is 0.278 e. The van der Waals surface area contributed by atoms with Crippen LogP contribution in [0.4, 0.5) is 18.3 Å². The zero-order chi connectivity index (χ0) is 22.0. The highest BCUT2D eigenvalue weighted by atomic mass is 32.1. The summed E-state index contributed by atoms with van der Waals surface area (Å²) < 4.78 is 40.5. The number of para-hydroxylation sites is 1. The number of carbonyl (C=O) groups is 1. The molecule has 0 spiro atoms. The number of benzene rings is 2. The lowest BCUT2D eigenvalue weighted by atomic mass is 10.1. The van der Waals surface area contributed by atoms with Gasteiger partial charge in [0.05, 0.1) is 28.0 Å². The van der Waals surface area contributed by atoms with E-state index in [2.05, 4.69) is 9.97 Å². The molecule has 2 aromatic carbocycles. The SMILES string of the molecule is CCc1cccc2sc(N(Cc3ccccn3)C(=O)c3cccc(C(F)(F)F)c3)nc12. The molecule has 31 heavy (non-hydrogen) atoms. The first-order valence-corrected chi connectivity index (χ1v) is 10.5. The number of pyridine rings is 1. The molecule has 0 saturated heterocycles. The normalized spacial score (nSPS) is 11.6. The summed E-state index contributed by atoms with van der Waals surface area (Å²) in [5.41, 5.74) is 1.53. The first-order chi connectivity index (χ1) is 14.9. The van der Waals surface area contributed by atoms with Crippen LogP contribution in [-0.4, -0.2) is 15.9 Å². The highest BCUT2D eigenvalue weighted by molar-refractivity contribution is 7.22. The van der Waals surface area contributed by atoms with Crippen LogP contribution in [-0.2, 0) is 19.1 Å². The van der Waals surface area contributed by atoms with Crippen LogP contribution >= 0.6 is 11.3 Å². The third-order valence-corrected chi connectivity index (χ3v) is 5.87. The van der Waals surface area contributed by atoms with Crippen molar-refractivity contribution < 1.29 is 18.0 Å². The van der Waals surface area contributed by atoms with Crippen LogP contribution in [0.2, 0.25) is 0 Å². The molecule has 4 rings (SSSR count). The molecule has 0 aliphatic heterocycles. The first-order valence-electron chi connectivity index (χ1n) is 9.64. The van der Waals surface area contributed by atoms with E-state index in [9.17, 15) is 18.0 Å². The molecular weight excluding hydrogens is 423 g/mol. The summed E-state index contributed by atoms with van der Waals surface area (Å²) in [5, 5.41) is 0.420. The number of carbonyl (C=O) groups excluding carboxylic acids is 1. The number of halogens is 3. The summed E-state index contributed by atoms with van der Waals surface area (Å²) in [6.45, 7) is 2.12. The van der Waals surface area contributed by atoms with E-state index in [1.807, 2.05) is 25.1 Å². The Morgan fingerprint density at radius 2 is 1.87 bits per heavy atom. The minimum atomic E-state index is -4.53. The van der Waals surface area contributed by atoms with E-state index in [1.165, 1.54) is 28.4 Å². The van der Waals surface area contributed by atoms with E-state index in [0.717, 1.165) is 34.3 Å². The van der Waals surface area contributed by atoms with Gasteiger partial charge >= 0.3 is 6.18 Å². The predicted octanol–water partition coefficient (Wildman–Crippen LogP) is 6.12. The van der Waals surface area contributed by atoms with Gasteiger partial charge in [-0.25, -0.2) is 4.98 Å². The molecule has 0 N–H and O–H groups in total. The molecule has 0 aliphatic rings. The summed E-state index contributed by atoms with van der Waals surface area (Å²) >= 11 is 1.33. The molecule has 4 nitrogen and oxygen atoms in total. The van der Waals surface area contributed by atoms with Crippen molar-refractivity contribution in [2.45, 2.75) is 26.1 Å². The second-order valence-corrected chi connectivity index (χ2v) is 7.91. The molecule has 4 aromatic rings. The number of aryl methyl sites for hydroxylation is 1. The predicted molar refractivity (Wildman–Crippen MR) is 115 cm³/mol. The van der Waals surface area contributed by atoms with E-state index in [1.54, 1.807) is 24.4 Å². The number of amides is 1. The molecule has 0 aliphatic carbocycles. The number of anilines is 1. The van der Waals surface area contributed by atoms with Crippen molar-refractivity contribution in [1.29, 1.82) is 0 Å². The Hall–Kier alpha value is -3.26. The zero-order valence-corrected chi connectivity index (χ0v) is 17.4. The molecule has 2 heterocycles. The molecular formula is C23H18F3N3OS. The average molecular weight is 441 g/mol. The number of hydrogen-bond donors (Lipinski definition) is 0. The van der Waals surface area contributed by atoms with Gasteiger partial charge in [-0.3, -0.25) is 14.7 Å². The Kier molecular flexibility index (Phi) is 5.73. The molecule has 0 atom stereocenters. The van der Waals surface area contributed by atoms with Crippen molar-refractivity contribution in [3.05, 3.63) is 89.2 Å². The van der Waals surface area contributed by atoms with Gasteiger partial charge in [0.1, 0.15) is 0 Å². The second kappa shape index (κ2) is 8.47. The maximum Gasteiger partial charge on any atom is 0.416 e. The average Bonchev–Trinajstić information content (AvgIpc) is 3.21. The van der Waals surface area contributed by atoms with Crippen LogP contribution in [0.1, 0.15) is 34.1 Å². The lowest BCUT2D eigenvalue weighted by molar-refractivity contribution is -0.137. The molecule has 2 aromatic heterocycles. The van der Waals surface area contributed by atoms with Crippen molar-refractivity contribution in [2.24, 2.45) is 0 Å². The van der Waals surface area contributed by atoms with Crippen LogP contribution in [0.25, 0.3) is 10.2 Å². The zero-order valence-electron chi connectivity index (χ0n) is 16.6. The molecule has 1 amide bonds. The van der Waals surface area contributed by atoms with Crippen molar-refractivity contribution in [2.75, 3.05) is 4.90 Å². The minimum Gasteiger partial charge on any atom is -0.278 e. The fourth-order valence-corrected chi connectivity index (χ4v) is 4.27. The number of hydrogen-bond acceptors (Lipinski definition) is 4. The first kappa shape index (κ1) is 21.0. The monoisotopic (exact) mass is 441 g/mol. The third-order valence-electron chi connectivity index (χ3n) is 4.83. The third kappa shape index (κ3) is 4.44. The van der Waals surface area contributed by atoms with Gasteiger partial charge in [0.2, 0.25) is 0 Å². The summed E-state index contributed by atoms with van der Waals surface area (Å²) in [6.07, 6.45) is -2.15. The van der Waals surface area contributed by atoms with E-state index < -0.39 is 17.6 Å². The molecule has 0 fully saturated rings. The van der Waals surface area contributed by atoms with Crippen LogP contribution < -0.4 is 4.90 Å². The molecule has 0 radical (unpaired) electrons. The van der Waals surface area contributed by atoms with Gasteiger partial charge in [0.25, 0.3) is 5.91 Å². The van der Waals surface area contributed by atoms with Gasteiger partial charge in [-0.15, -0.1) is 0 Å². The van der Waals surface area contributed by atoms with Crippen LogP contribution in [0, 0.1) is 0 Å². The van der Waals surface area contributed by atoms with E-state index in [-0.39, 0.29) is 12.1 Å². The summed E-state index contributed by atoms with van der Waals surface area (Å²) in [7, 11) is 0. The summed E-state index contributed by atoms with van der Waals surface area (Å²) in [5.74, 6) is -0.561. The number of alkyl halides is 3. The Morgan fingerprint density at radius 3 is 2.58 bits per heavy atom. The molecule has 8 heteroatoms. The van der Waals surface area contributed by atoms with Crippen molar-refractivity contribution in [3.8, 4) is 0 Å². The molecule has 158 valence electrons. The van der Waals surface area contributed by atoms with E-state index in [0.29, 0.717) is 10.8 Å². The molecule has 0 saturated carbocycles. The van der Waals surface area contributed by atoms with Gasteiger partial charge in [-0.05, 0) is 48.4 Å². The van der Waals surface area contributed by atoms with Crippen molar-refractivity contribution in [3.63, 3.8) is 0 Å². The Bertz CT molecular complexity index is 1220. The lowest BCUT2D eigenvalue weighted by Crippen LogP contribution is -2.31. The van der Waals surface area contributed by atoms with Crippen molar-refractivity contribution >= 4 is 32.6 Å². The number of aromatic nitrogens is 2. The van der Waals surface area contributed by atoms with Gasteiger partial charge in [0.15, 0.2) is 5.13 Å². The van der Waals surface area contributed by atoms with E-state index >= 15 is 0 Å². The molecule has 0 unspecified atom stereocenters. The van der Waals surface area contributed by atoms with Gasteiger partial charge in [-0.2, -0.15) is 13.2 Å². The van der Waals surface area contributed by atoms with E-state index in [4.69, 9.17) is 0 Å². The van der Waals surface area contributed by atoms with Gasteiger partial charge < -0.3 is 0 Å². The fraction of sp³-hybridized carbons (Fsp3) is 0.174. The maximum atomic E-state index is 13.4. The Morgan fingerprint density at radius 1 is 1.06 bits per heavy atom. The quantitative estimate of drug-likeness (QED) is 0.375. The number of thiazole rings is 1. The summed E-state index contributed by atoms with van der Waals surface area (Å²) in [6, 6.07) is 15.6. The van der Waals surface area contributed by atoms with Gasteiger partial charge in [0, 0.05) is 11.8 Å². The van der Waals surface area contributed by atoms with Crippen LogP contribution in [0.15, 0.2) is 66.9 Å². The van der Waals surface area contributed by atoms with Crippen LogP contribution in [0.5, 0.6) is 0 Å². The highest BCUT2D eigenvalue weighted by Crippen LogP contribution is 2.34. The number of rotatable bonds is 5. The highest BCUT2D eigenvalue weighted by Gasteiger charge is 2.32. The van der Waals surface area contributed by atoms with Crippen molar-refractivity contribution in [1.82, 2.24) is 9.97 Å². The topological polar surface area (TPSA) is 46.1 Å². The van der Waals surface area contributed by atoms with Crippen LogP contribution in [0.3, 0.4) is 0 Å². The number of nitrogens with zero attached hydrogens (tertiary/aromatic N) is 3. The summed E-state index contributed by atoms with van der Waals surface area (Å²) in [4.78, 5) is 23.7. The second-order valence-electron chi connectivity index (χ2n) is 6.90. The Labute approximate surface area is 181 Å². The molecule has 0 bridgehead atoms. The number of fused-ring (bicyclic) bond motifs is 1. The minimum absolute atomic E-state index is 0.0549. The van der Waals surface area contributed by atoms with Gasteiger partial charge in [-0.1, -0.05) is 42.5 Å². The maximum absolute atomic E-state index is 13.4. The largest absolute Gasteiger partial charge is 0.416 e. The lowest BCUT2D eigenvalue weighted by Gasteiger charge is -2.20. The fourth-order valence-electron chi connectivity index (χ4n) is 3.26. The Balaban J connectivity index is 1.79.